The fraction of sp³-hybridized carbons (Fsp3) is 0.280. The van der Waals surface area contributed by atoms with E-state index in [9.17, 15) is 17.6 Å². The summed E-state index contributed by atoms with van der Waals surface area (Å²) < 4.78 is 47.6. The average Bonchev–Trinajstić information content (AvgIpc) is 3.22. The number of nitrogens with one attached hydrogen (secondary N) is 1. The van der Waals surface area contributed by atoms with E-state index in [2.05, 4.69) is 10.5 Å². The lowest BCUT2D eigenvalue weighted by molar-refractivity contribution is -0.120. The third kappa shape index (κ3) is 5.32. The third-order valence-corrected chi connectivity index (χ3v) is 8.46. The summed E-state index contributed by atoms with van der Waals surface area (Å²) >= 11 is 6.15. The van der Waals surface area contributed by atoms with E-state index in [1.807, 2.05) is 0 Å². The quantitative estimate of drug-likeness (QED) is 0.479. The van der Waals surface area contributed by atoms with E-state index < -0.39 is 21.8 Å². The Kier molecular flexibility index (Phi) is 7.39. The van der Waals surface area contributed by atoms with Crippen molar-refractivity contribution in [1.29, 1.82) is 0 Å². The molecule has 0 saturated carbocycles. The number of rotatable bonds is 6. The maximum atomic E-state index is 14.0. The Bertz CT molecular complexity index is 1390. The summed E-state index contributed by atoms with van der Waals surface area (Å²) in [5.41, 5.74) is 1.82. The van der Waals surface area contributed by atoms with Crippen LogP contribution in [0.3, 0.4) is 0 Å². The Morgan fingerprint density at radius 1 is 1.20 bits per heavy atom. The molecule has 184 valence electrons. The Morgan fingerprint density at radius 3 is 2.74 bits per heavy atom. The van der Waals surface area contributed by atoms with Crippen LogP contribution in [0.2, 0.25) is 5.02 Å². The molecule has 0 radical (unpaired) electrons. The highest BCUT2D eigenvalue weighted by molar-refractivity contribution is 7.89. The van der Waals surface area contributed by atoms with Gasteiger partial charge in [-0.15, -0.1) is 0 Å². The standard InChI is InChI=1S/C25H25ClFN3O4S/c1-16-20(26)9-5-11-22(16)28-25(31)19-8-6-14-30(15-19)35(32,33)24-17(2)29-34-23(24)13-12-18-7-3-4-10-21(18)27/h3-5,7,9-13,19H,6,8,14-15H2,1-2H3,(H,28,31)/b13-12+. The van der Waals surface area contributed by atoms with Crippen LogP contribution in [-0.4, -0.2) is 36.9 Å². The minimum absolute atomic E-state index is 0.00637. The molecule has 10 heteroatoms. The van der Waals surface area contributed by atoms with Gasteiger partial charge in [-0.05, 0) is 62.6 Å². The van der Waals surface area contributed by atoms with Crippen LogP contribution in [0.1, 0.15) is 35.4 Å². The van der Waals surface area contributed by atoms with Gasteiger partial charge >= 0.3 is 0 Å². The van der Waals surface area contributed by atoms with Gasteiger partial charge in [-0.1, -0.05) is 41.0 Å². The van der Waals surface area contributed by atoms with Gasteiger partial charge in [0.05, 0.1) is 5.92 Å². The molecule has 35 heavy (non-hydrogen) atoms. The zero-order valence-electron chi connectivity index (χ0n) is 19.3. The molecule has 1 aliphatic rings. The molecule has 1 N–H and O–H groups in total. The van der Waals surface area contributed by atoms with Crippen molar-refractivity contribution in [3.63, 3.8) is 0 Å². The first-order valence-electron chi connectivity index (χ1n) is 11.1. The summed E-state index contributed by atoms with van der Waals surface area (Å²) in [4.78, 5) is 12.9. The number of nitrogens with zero attached hydrogens (tertiary/aromatic N) is 2. The minimum Gasteiger partial charge on any atom is -0.355 e. The van der Waals surface area contributed by atoms with Gasteiger partial charge in [-0.25, -0.2) is 12.8 Å². The lowest BCUT2D eigenvalue weighted by Gasteiger charge is -2.31. The number of hydrogen-bond acceptors (Lipinski definition) is 5. The van der Waals surface area contributed by atoms with Crippen LogP contribution >= 0.6 is 11.6 Å². The van der Waals surface area contributed by atoms with Crippen LogP contribution in [0, 0.1) is 25.6 Å². The molecule has 1 atom stereocenters. The summed E-state index contributed by atoms with van der Waals surface area (Å²) in [7, 11) is -4.02. The third-order valence-electron chi connectivity index (χ3n) is 6.03. The molecule has 1 saturated heterocycles. The summed E-state index contributed by atoms with van der Waals surface area (Å²) in [6, 6.07) is 11.4. The number of piperidine rings is 1. The van der Waals surface area contributed by atoms with Crippen molar-refractivity contribution < 1.29 is 22.1 Å². The number of benzene rings is 2. The van der Waals surface area contributed by atoms with Gasteiger partial charge in [0.2, 0.25) is 15.9 Å². The second kappa shape index (κ2) is 10.3. The Morgan fingerprint density at radius 2 is 1.97 bits per heavy atom. The molecule has 1 unspecified atom stereocenters. The highest BCUT2D eigenvalue weighted by atomic mass is 35.5. The van der Waals surface area contributed by atoms with Crippen molar-refractivity contribution in [3.05, 3.63) is 75.9 Å². The van der Waals surface area contributed by atoms with Crippen LogP contribution in [0.15, 0.2) is 51.9 Å². The molecule has 4 rings (SSSR count). The molecule has 0 aliphatic carbocycles. The van der Waals surface area contributed by atoms with E-state index in [1.165, 1.54) is 29.4 Å². The molecule has 1 amide bonds. The highest BCUT2D eigenvalue weighted by Gasteiger charge is 2.37. The van der Waals surface area contributed by atoms with Crippen molar-refractivity contribution in [2.75, 3.05) is 18.4 Å². The Balaban J connectivity index is 1.55. The predicted molar refractivity (Wildman–Crippen MR) is 133 cm³/mol. The van der Waals surface area contributed by atoms with Gasteiger partial charge in [-0.2, -0.15) is 4.31 Å². The first-order chi connectivity index (χ1) is 16.7. The number of hydrogen-bond donors (Lipinski definition) is 1. The second-order valence-corrected chi connectivity index (χ2v) is 10.7. The van der Waals surface area contributed by atoms with Gasteiger partial charge in [0.15, 0.2) is 10.7 Å². The van der Waals surface area contributed by atoms with Gasteiger partial charge in [0.1, 0.15) is 11.5 Å². The molecule has 0 bridgehead atoms. The van der Waals surface area contributed by atoms with Gasteiger partial charge in [0.25, 0.3) is 0 Å². The van der Waals surface area contributed by atoms with E-state index in [0.29, 0.717) is 23.6 Å². The largest absolute Gasteiger partial charge is 0.355 e. The first-order valence-corrected chi connectivity index (χ1v) is 13.0. The normalized spacial score (nSPS) is 17.1. The van der Waals surface area contributed by atoms with Crippen LogP contribution in [0.5, 0.6) is 0 Å². The van der Waals surface area contributed by atoms with E-state index in [0.717, 1.165) is 5.56 Å². The van der Waals surface area contributed by atoms with Crippen molar-refractivity contribution in [1.82, 2.24) is 9.46 Å². The monoisotopic (exact) mass is 517 g/mol. The summed E-state index contributed by atoms with van der Waals surface area (Å²) in [5.74, 6) is -1.23. The Labute approximate surface area is 208 Å². The number of carbonyl (C=O) groups is 1. The summed E-state index contributed by atoms with van der Waals surface area (Å²) in [5, 5.41) is 7.23. The van der Waals surface area contributed by atoms with Crippen LogP contribution < -0.4 is 5.32 Å². The second-order valence-electron chi connectivity index (χ2n) is 8.42. The summed E-state index contributed by atoms with van der Waals surface area (Å²) in [6.45, 7) is 3.63. The smallest absolute Gasteiger partial charge is 0.248 e. The predicted octanol–water partition coefficient (Wildman–Crippen LogP) is 5.29. The number of halogens is 2. The first kappa shape index (κ1) is 25.1. The van der Waals surface area contributed by atoms with Gasteiger partial charge in [0, 0.05) is 29.4 Å². The highest BCUT2D eigenvalue weighted by Crippen LogP contribution is 2.30. The zero-order chi connectivity index (χ0) is 25.2. The number of anilines is 1. The van der Waals surface area contributed by atoms with Gasteiger partial charge < -0.3 is 9.84 Å². The van der Waals surface area contributed by atoms with E-state index in [1.54, 1.807) is 43.3 Å². The minimum atomic E-state index is -4.02. The molecule has 1 aromatic heterocycles. The summed E-state index contributed by atoms with van der Waals surface area (Å²) in [6.07, 6.45) is 3.91. The molecule has 3 aromatic rings. The maximum Gasteiger partial charge on any atom is 0.248 e. The molecule has 2 aromatic carbocycles. The van der Waals surface area contributed by atoms with Crippen molar-refractivity contribution in [2.45, 2.75) is 31.6 Å². The SMILES string of the molecule is Cc1noc(/C=C/c2ccccc2F)c1S(=O)(=O)N1CCCC(C(=O)Nc2cccc(Cl)c2C)C1. The fourth-order valence-corrected chi connectivity index (χ4v) is 6.00. The molecular formula is C25H25ClFN3O4S. The van der Waals surface area contributed by atoms with E-state index in [4.69, 9.17) is 16.1 Å². The number of amides is 1. The molecule has 0 spiro atoms. The van der Waals surface area contributed by atoms with Gasteiger partial charge in [-0.3, -0.25) is 4.79 Å². The molecule has 7 nitrogen and oxygen atoms in total. The van der Waals surface area contributed by atoms with Crippen LogP contribution in [0.25, 0.3) is 12.2 Å². The maximum absolute atomic E-state index is 14.0. The van der Waals surface area contributed by atoms with E-state index in [-0.39, 0.29) is 40.9 Å². The van der Waals surface area contributed by atoms with Crippen molar-refractivity contribution in [3.8, 4) is 0 Å². The Hall–Kier alpha value is -3.01. The lowest BCUT2D eigenvalue weighted by atomic mass is 9.98. The van der Waals surface area contributed by atoms with E-state index >= 15 is 0 Å². The molecule has 1 aliphatic heterocycles. The average molecular weight is 518 g/mol. The topological polar surface area (TPSA) is 92.5 Å². The number of sulfonamides is 1. The van der Waals surface area contributed by atoms with Crippen LogP contribution in [-0.2, 0) is 14.8 Å². The number of aromatic nitrogens is 1. The zero-order valence-corrected chi connectivity index (χ0v) is 20.9. The molecule has 1 fully saturated rings. The lowest BCUT2D eigenvalue weighted by Crippen LogP contribution is -2.44. The van der Waals surface area contributed by atoms with Crippen molar-refractivity contribution >= 4 is 45.4 Å². The van der Waals surface area contributed by atoms with Crippen molar-refractivity contribution in [2.24, 2.45) is 5.92 Å². The number of aryl methyl sites for hydroxylation is 1. The number of carbonyl (C=O) groups excluding carboxylic acids is 1. The fourth-order valence-electron chi connectivity index (χ4n) is 4.06. The van der Waals surface area contributed by atoms with Crippen LogP contribution in [0.4, 0.5) is 10.1 Å². The molecular weight excluding hydrogens is 493 g/mol. The molecule has 2 heterocycles.